The summed E-state index contributed by atoms with van der Waals surface area (Å²) in [5.41, 5.74) is 4.26. The van der Waals surface area contributed by atoms with Crippen LogP contribution in [0, 0.1) is 6.92 Å². The number of halogens is 1. The van der Waals surface area contributed by atoms with Gasteiger partial charge in [-0.1, -0.05) is 12.1 Å². The van der Waals surface area contributed by atoms with Crippen molar-refractivity contribution >= 4 is 33.0 Å². The van der Waals surface area contributed by atoms with Gasteiger partial charge in [-0.15, -0.1) is 11.3 Å². The molecule has 3 aromatic rings. The van der Waals surface area contributed by atoms with Gasteiger partial charge in [-0.3, -0.25) is 4.98 Å². The molecule has 1 aromatic carbocycles. The molecule has 5 heteroatoms. The van der Waals surface area contributed by atoms with Gasteiger partial charge in [0, 0.05) is 21.7 Å². The van der Waals surface area contributed by atoms with Gasteiger partial charge in [-0.25, -0.2) is 4.98 Å². The van der Waals surface area contributed by atoms with E-state index in [9.17, 15) is 0 Å². The van der Waals surface area contributed by atoms with E-state index in [1.807, 2.05) is 18.2 Å². The molecule has 2 heterocycles. The summed E-state index contributed by atoms with van der Waals surface area (Å²) in [4.78, 5) is 8.95. The van der Waals surface area contributed by atoms with Gasteiger partial charge in [0.1, 0.15) is 5.01 Å². The summed E-state index contributed by atoms with van der Waals surface area (Å²) >= 11 is 5.18. The van der Waals surface area contributed by atoms with E-state index in [1.165, 1.54) is 5.56 Å². The second-order valence-corrected chi connectivity index (χ2v) is 6.41. The first-order valence-corrected chi connectivity index (χ1v) is 8.25. The Kier molecular flexibility index (Phi) is 4.31. The fourth-order valence-corrected chi connectivity index (χ4v) is 3.14. The smallest absolute Gasteiger partial charge is 0.142 e. The van der Waals surface area contributed by atoms with E-state index in [0.717, 1.165) is 26.6 Å². The van der Waals surface area contributed by atoms with Crippen molar-refractivity contribution in [3.05, 3.63) is 63.7 Å². The van der Waals surface area contributed by atoms with Gasteiger partial charge in [-0.05, 0) is 52.7 Å². The lowest BCUT2D eigenvalue weighted by Gasteiger charge is -2.08. The van der Waals surface area contributed by atoms with E-state index in [2.05, 4.69) is 61.7 Å². The average Bonchev–Trinajstić information content (AvgIpc) is 2.98. The monoisotopic (exact) mass is 359 g/mol. The average molecular weight is 360 g/mol. The normalized spacial score (nSPS) is 10.6. The van der Waals surface area contributed by atoms with Crippen LogP contribution in [0.25, 0.3) is 10.7 Å². The number of anilines is 1. The molecule has 3 nitrogen and oxygen atoms in total. The number of thiazole rings is 1. The number of nitrogens with one attached hydrogen (secondary N) is 1. The first-order chi connectivity index (χ1) is 10.2. The van der Waals surface area contributed by atoms with Crippen molar-refractivity contribution in [1.82, 2.24) is 9.97 Å². The number of nitrogens with zero attached hydrogens (tertiary/aromatic N) is 2. The van der Waals surface area contributed by atoms with Crippen LogP contribution in [0.1, 0.15) is 11.3 Å². The molecule has 2 aromatic heterocycles. The first kappa shape index (κ1) is 14.2. The van der Waals surface area contributed by atoms with Gasteiger partial charge in [0.05, 0.1) is 17.9 Å². The molecule has 0 bridgehead atoms. The summed E-state index contributed by atoms with van der Waals surface area (Å²) in [6.45, 7) is 2.78. The zero-order valence-corrected chi connectivity index (χ0v) is 13.9. The lowest BCUT2D eigenvalue weighted by molar-refractivity contribution is 1.07. The number of hydrogen-bond acceptors (Lipinski definition) is 4. The molecule has 0 radical (unpaired) electrons. The fraction of sp³-hybridized carbons (Fsp3) is 0.125. The fourth-order valence-electron chi connectivity index (χ4n) is 1.96. The summed E-state index contributed by atoms with van der Waals surface area (Å²) in [6.07, 6.45) is 1.79. The molecular weight excluding hydrogens is 346 g/mol. The van der Waals surface area contributed by atoms with E-state index in [4.69, 9.17) is 0 Å². The summed E-state index contributed by atoms with van der Waals surface area (Å²) in [6, 6.07) is 12.1. The molecule has 21 heavy (non-hydrogen) atoms. The SMILES string of the molecule is Cc1ccc(Br)c(NCc2csc(-c3ccccn3)n2)c1. The second kappa shape index (κ2) is 6.37. The van der Waals surface area contributed by atoms with E-state index in [-0.39, 0.29) is 0 Å². The maximum absolute atomic E-state index is 4.63. The van der Waals surface area contributed by atoms with Crippen LogP contribution in [0.2, 0.25) is 0 Å². The van der Waals surface area contributed by atoms with Crippen molar-refractivity contribution in [2.75, 3.05) is 5.32 Å². The van der Waals surface area contributed by atoms with Crippen LogP contribution in [0.5, 0.6) is 0 Å². The molecule has 0 atom stereocenters. The molecule has 0 aliphatic carbocycles. The van der Waals surface area contributed by atoms with Crippen LogP contribution in [0.4, 0.5) is 5.69 Å². The highest BCUT2D eigenvalue weighted by Crippen LogP contribution is 2.25. The van der Waals surface area contributed by atoms with Crippen LogP contribution >= 0.6 is 27.3 Å². The minimum absolute atomic E-state index is 0.700. The lowest BCUT2D eigenvalue weighted by atomic mass is 10.2. The summed E-state index contributed by atoms with van der Waals surface area (Å²) in [5.74, 6) is 0. The maximum Gasteiger partial charge on any atom is 0.142 e. The molecule has 106 valence electrons. The van der Waals surface area contributed by atoms with Crippen LogP contribution in [-0.2, 0) is 6.54 Å². The zero-order valence-electron chi connectivity index (χ0n) is 11.5. The number of rotatable bonds is 4. The Morgan fingerprint density at radius 1 is 1.24 bits per heavy atom. The van der Waals surface area contributed by atoms with E-state index in [1.54, 1.807) is 17.5 Å². The van der Waals surface area contributed by atoms with Gasteiger partial charge in [-0.2, -0.15) is 0 Å². The van der Waals surface area contributed by atoms with Gasteiger partial charge < -0.3 is 5.32 Å². The van der Waals surface area contributed by atoms with Crippen LogP contribution in [0.3, 0.4) is 0 Å². The van der Waals surface area contributed by atoms with Gasteiger partial charge in [0.2, 0.25) is 0 Å². The van der Waals surface area contributed by atoms with Crippen molar-refractivity contribution in [2.45, 2.75) is 13.5 Å². The molecule has 1 N–H and O–H groups in total. The molecule has 0 saturated carbocycles. The van der Waals surface area contributed by atoms with Crippen molar-refractivity contribution in [3.8, 4) is 10.7 Å². The van der Waals surface area contributed by atoms with Crippen LogP contribution in [-0.4, -0.2) is 9.97 Å². The predicted molar refractivity (Wildman–Crippen MR) is 91.6 cm³/mol. The van der Waals surface area contributed by atoms with Crippen molar-refractivity contribution < 1.29 is 0 Å². The number of benzene rings is 1. The van der Waals surface area contributed by atoms with Crippen molar-refractivity contribution in [3.63, 3.8) is 0 Å². The van der Waals surface area contributed by atoms with E-state index < -0.39 is 0 Å². The number of aromatic nitrogens is 2. The first-order valence-electron chi connectivity index (χ1n) is 6.58. The summed E-state index contributed by atoms with van der Waals surface area (Å²) in [5, 5.41) is 6.44. The molecule has 0 amide bonds. The van der Waals surface area contributed by atoms with Crippen molar-refractivity contribution in [1.29, 1.82) is 0 Å². The van der Waals surface area contributed by atoms with Crippen LogP contribution < -0.4 is 5.32 Å². The predicted octanol–water partition coefficient (Wildman–Crippen LogP) is 4.89. The Bertz CT molecular complexity index is 740. The largest absolute Gasteiger partial charge is 0.378 e. The quantitative estimate of drug-likeness (QED) is 0.720. The highest BCUT2D eigenvalue weighted by atomic mass is 79.9. The molecule has 0 aliphatic rings. The lowest BCUT2D eigenvalue weighted by Crippen LogP contribution is -2.00. The molecule has 0 fully saturated rings. The molecule has 0 aliphatic heterocycles. The minimum atomic E-state index is 0.700. The highest BCUT2D eigenvalue weighted by molar-refractivity contribution is 9.10. The second-order valence-electron chi connectivity index (χ2n) is 4.70. The zero-order chi connectivity index (χ0) is 14.7. The Hall–Kier alpha value is -1.72. The Labute approximate surface area is 136 Å². The number of aryl methyl sites for hydroxylation is 1. The molecule has 0 spiro atoms. The van der Waals surface area contributed by atoms with Gasteiger partial charge >= 0.3 is 0 Å². The molecule has 0 saturated heterocycles. The minimum Gasteiger partial charge on any atom is -0.378 e. The highest BCUT2D eigenvalue weighted by Gasteiger charge is 2.06. The Morgan fingerprint density at radius 3 is 2.95 bits per heavy atom. The third-order valence-electron chi connectivity index (χ3n) is 3.02. The number of pyridine rings is 1. The van der Waals surface area contributed by atoms with Crippen LogP contribution in [0.15, 0.2) is 52.4 Å². The van der Waals surface area contributed by atoms with Gasteiger partial charge in [0.15, 0.2) is 0 Å². The maximum atomic E-state index is 4.63. The molecule has 3 rings (SSSR count). The summed E-state index contributed by atoms with van der Waals surface area (Å²) in [7, 11) is 0. The van der Waals surface area contributed by atoms with E-state index >= 15 is 0 Å². The number of hydrogen-bond donors (Lipinski definition) is 1. The molecule has 0 unspecified atom stereocenters. The summed E-state index contributed by atoms with van der Waals surface area (Å²) < 4.78 is 1.06. The Morgan fingerprint density at radius 2 is 2.14 bits per heavy atom. The third-order valence-corrected chi connectivity index (χ3v) is 4.62. The standard InChI is InChI=1S/C16H14BrN3S/c1-11-5-6-13(17)15(8-11)19-9-12-10-21-16(20-12)14-4-2-3-7-18-14/h2-8,10,19H,9H2,1H3. The van der Waals surface area contributed by atoms with Crippen molar-refractivity contribution in [2.24, 2.45) is 0 Å². The molecular formula is C16H14BrN3S. The topological polar surface area (TPSA) is 37.8 Å². The van der Waals surface area contributed by atoms with E-state index in [0.29, 0.717) is 6.54 Å². The third kappa shape index (κ3) is 3.49. The Balaban J connectivity index is 1.72. The van der Waals surface area contributed by atoms with Gasteiger partial charge in [0.25, 0.3) is 0 Å².